The van der Waals surface area contributed by atoms with Gasteiger partial charge in [-0.25, -0.2) is 4.98 Å². The summed E-state index contributed by atoms with van der Waals surface area (Å²) >= 11 is 0. The van der Waals surface area contributed by atoms with Crippen molar-refractivity contribution in [3.8, 4) is 0 Å². The van der Waals surface area contributed by atoms with E-state index in [9.17, 15) is 0 Å². The zero-order chi connectivity index (χ0) is 17.8. The molecule has 0 bridgehead atoms. The van der Waals surface area contributed by atoms with E-state index in [1.54, 1.807) is 7.11 Å². The molecule has 0 aliphatic carbocycles. The van der Waals surface area contributed by atoms with Crippen molar-refractivity contribution in [3.63, 3.8) is 0 Å². The number of fused-ring (bicyclic) bond motifs is 1. The minimum atomic E-state index is 0.0722. The van der Waals surface area contributed by atoms with Gasteiger partial charge in [0.25, 0.3) is 0 Å². The molecule has 0 saturated carbocycles. The average molecular weight is 349 g/mol. The maximum atomic E-state index is 5.33. The molecule has 2 aromatic heterocycles. The molecule has 1 unspecified atom stereocenters. The van der Waals surface area contributed by atoms with E-state index in [0.717, 1.165) is 36.3 Å². The predicted molar refractivity (Wildman–Crippen MR) is 103 cm³/mol. The van der Waals surface area contributed by atoms with Crippen molar-refractivity contribution in [2.24, 2.45) is 9.98 Å². The van der Waals surface area contributed by atoms with Crippen molar-refractivity contribution in [2.45, 2.75) is 18.9 Å². The quantitative estimate of drug-likeness (QED) is 0.824. The number of nitrogens with zero attached hydrogens (tertiary/aromatic N) is 3. The van der Waals surface area contributed by atoms with Gasteiger partial charge >= 0.3 is 0 Å². The van der Waals surface area contributed by atoms with Gasteiger partial charge in [-0.1, -0.05) is 12.1 Å². The lowest BCUT2D eigenvalue weighted by Gasteiger charge is -2.15. The van der Waals surface area contributed by atoms with Crippen molar-refractivity contribution in [2.75, 3.05) is 32.1 Å². The molecule has 2 aliphatic heterocycles. The van der Waals surface area contributed by atoms with Crippen LogP contribution in [0.4, 0.5) is 5.82 Å². The number of ether oxygens (including phenoxy) is 1. The molecule has 0 spiro atoms. The van der Waals surface area contributed by atoms with Gasteiger partial charge < -0.3 is 15.0 Å². The van der Waals surface area contributed by atoms with Crippen LogP contribution in [0.15, 0.2) is 46.2 Å². The number of pyridine rings is 1. The van der Waals surface area contributed by atoms with Gasteiger partial charge in [-0.3, -0.25) is 9.98 Å². The summed E-state index contributed by atoms with van der Waals surface area (Å²) in [6.07, 6.45) is 12.2. The third-order valence-corrected chi connectivity index (χ3v) is 4.67. The van der Waals surface area contributed by atoms with E-state index < -0.39 is 0 Å². The minimum absolute atomic E-state index is 0.0722. The topological polar surface area (TPSA) is 74.7 Å². The first-order chi connectivity index (χ1) is 12.8. The van der Waals surface area contributed by atoms with Gasteiger partial charge in [-0.2, -0.15) is 0 Å². The second kappa shape index (κ2) is 7.66. The lowest BCUT2D eigenvalue weighted by molar-refractivity contribution is 0.146. The van der Waals surface area contributed by atoms with Crippen LogP contribution in [-0.4, -0.2) is 49.0 Å². The Hall–Kier alpha value is -2.73. The first-order valence-electron chi connectivity index (χ1n) is 8.95. The van der Waals surface area contributed by atoms with Gasteiger partial charge in [0.15, 0.2) is 0 Å². The maximum absolute atomic E-state index is 5.33. The van der Waals surface area contributed by atoms with Crippen molar-refractivity contribution in [1.29, 1.82) is 0 Å². The molecule has 4 rings (SSSR count). The van der Waals surface area contributed by atoms with E-state index in [0.29, 0.717) is 13.1 Å². The zero-order valence-electron chi connectivity index (χ0n) is 14.9. The molecule has 6 heteroatoms. The maximum Gasteiger partial charge on any atom is 0.132 e. The summed E-state index contributed by atoms with van der Waals surface area (Å²) in [6, 6.07) is 4.15. The number of aromatic amines is 1. The highest BCUT2D eigenvalue weighted by Crippen LogP contribution is 2.10. The highest BCUT2D eigenvalue weighted by atomic mass is 16.5. The number of dihydropyridines is 1. The molecule has 0 radical (unpaired) electrons. The van der Waals surface area contributed by atoms with E-state index in [1.165, 1.54) is 16.3 Å². The molecule has 2 N–H and O–H groups in total. The molecular weight excluding hydrogens is 326 g/mol. The van der Waals surface area contributed by atoms with Gasteiger partial charge in [-0.15, -0.1) is 0 Å². The molecule has 0 fully saturated rings. The summed E-state index contributed by atoms with van der Waals surface area (Å²) in [4.78, 5) is 16.6. The molecule has 26 heavy (non-hydrogen) atoms. The fraction of sp³-hybridized carbons (Fsp3) is 0.350. The summed E-state index contributed by atoms with van der Waals surface area (Å²) in [5.74, 6) is 0.861. The fourth-order valence-electron chi connectivity index (χ4n) is 3.25. The van der Waals surface area contributed by atoms with Gasteiger partial charge in [0.1, 0.15) is 11.3 Å². The average Bonchev–Trinajstić information content (AvgIpc) is 3.11. The molecule has 2 aliphatic rings. The number of rotatable bonds is 6. The smallest absolute Gasteiger partial charge is 0.132 e. The van der Waals surface area contributed by atoms with Crippen LogP contribution in [0.1, 0.15) is 17.5 Å². The highest BCUT2D eigenvalue weighted by Gasteiger charge is 2.09. The van der Waals surface area contributed by atoms with Crippen molar-refractivity contribution in [3.05, 3.63) is 58.0 Å². The lowest BCUT2D eigenvalue weighted by Crippen LogP contribution is -2.28. The van der Waals surface area contributed by atoms with Gasteiger partial charge in [0, 0.05) is 50.4 Å². The Balaban J connectivity index is 1.39. The number of aromatic nitrogens is 2. The number of H-pyrrole nitrogens is 1. The van der Waals surface area contributed by atoms with Crippen LogP contribution in [-0.2, 0) is 11.2 Å². The summed E-state index contributed by atoms with van der Waals surface area (Å²) in [5.41, 5.74) is 4.59. The predicted octanol–water partition coefficient (Wildman–Crippen LogP) is 1.24. The van der Waals surface area contributed by atoms with Crippen LogP contribution in [0.25, 0.3) is 6.08 Å². The summed E-state index contributed by atoms with van der Waals surface area (Å²) < 4.78 is 5.33. The molecule has 1 atom stereocenters. The standard InChI is InChI=1S/C20H23N5O/c1-26-17-8-15(9-21-13-17)11-24-19-5-4-14(10-23-19)7-16-12-25-20-18(16)3-2-6-22-20/h3-5,8-10,12,17H,2,6-7,11,13H2,1H3,(H,22,25)(H,23,24). The van der Waals surface area contributed by atoms with E-state index in [1.807, 2.05) is 18.5 Å². The van der Waals surface area contributed by atoms with Crippen molar-refractivity contribution < 1.29 is 4.74 Å². The Morgan fingerprint density at radius 2 is 2.31 bits per heavy atom. The number of anilines is 1. The summed E-state index contributed by atoms with van der Waals surface area (Å²) in [5, 5.41) is 4.59. The fourth-order valence-corrected chi connectivity index (χ4v) is 3.25. The normalized spacial score (nSPS) is 18.5. The Labute approximate surface area is 152 Å². The zero-order valence-corrected chi connectivity index (χ0v) is 14.9. The molecule has 134 valence electrons. The van der Waals surface area contributed by atoms with Crippen LogP contribution in [0, 0.1) is 0 Å². The Bertz CT molecular complexity index is 940. The van der Waals surface area contributed by atoms with Gasteiger partial charge in [0.05, 0.1) is 12.6 Å². The summed E-state index contributed by atoms with van der Waals surface area (Å²) in [6.45, 7) is 2.26. The molecule has 4 heterocycles. The van der Waals surface area contributed by atoms with Crippen LogP contribution in [0.5, 0.6) is 0 Å². The number of hydrogen-bond donors (Lipinski definition) is 2. The van der Waals surface area contributed by atoms with E-state index >= 15 is 0 Å². The molecule has 0 saturated heterocycles. The Morgan fingerprint density at radius 3 is 3.15 bits per heavy atom. The van der Waals surface area contributed by atoms with Crippen molar-refractivity contribution >= 4 is 18.1 Å². The van der Waals surface area contributed by atoms with Gasteiger partial charge in [-0.05, 0) is 35.3 Å². The number of methoxy groups -OCH3 is 1. The first-order valence-corrected chi connectivity index (χ1v) is 8.95. The van der Waals surface area contributed by atoms with Crippen molar-refractivity contribution in [1.82, 2.24) is 9.97 Å². The van der Waals surface area contributed by atoms with E-state index in [2.05, 4.69) is 49.7 Å². The monoisotopic (exact) mass is 349 g/mol. The summed E-state index contributed by atoms with van der Waals surface area (Å²) in [7, 11) is 1.71. The SMILES string of the molecule is COC1C=C(CNc2ccc(Cc3c[nH]c4c3=CCCN=4)cn2)C=NC1. The van der Waals surface area contributed by atoms with Crippen LogP contribution >= 0.6 is 0 Å². The molecule has 0 amide bonds. The number of hydrogen-bond acceptors (Lipinski definition) is 5. The van der Waals surface area contributed by atoms with Crippen LogP contribution in [0.3, 0.4) is 0 Å². The Morgan fingerprint density at radius 1 is 1.35 bits per heavy atom. The molecular formula is C20H23N5O. The molecule has 2 aromatic rings. The van der Waals surface area contributed by atoms with E-state index in [4.69, 9.17) is 4.74 Å². The molecule has 0 aromatic carbocycles. The highest BCUT2D eigenvalue weighted by molar-refractivity contribution is 5.80. The third-order valence-electron chi connectivity index (χ3n) is 4.67. The lowest BCUT2D eigenvalue weighted by atomic mass is 10.1. The second-order valence-corrected chi connectivity index (χ2v) is 6.54. The number of nitrogens with one attached hydrogen (secondary N) is 2. The largest absolute Gasteiger partial charge is 0.375 e. The van der Waals surface area contributed by atoms with E-state index in [-0.39, 0.29) is 6.10 Å². The minimum Gasteiger partial charge on any atom is -0.375 e. The molecule has 6 nitrogen and oxygen atoms in total. The third kappa shape index (κ3) is 3.75. The second-order valence-electron chi connectivity index (χ2n) is 6.54. The first kappa shape index (κ1) is 16.7. The van der Waals surface area contributed by atoms with Crippen LogP contribution < -0.4 is 16.0 Å². The number of aliphatic imine (C=N–C) groups is 1. The van der Waals surface area contributed by atoms with Gasteiger partial charge in [0.2, 0.25) is 0 Å². The Kier molecular flexibility index (Phi) is 4.93. The van der Waals surface area contributed by atoms with Crippen LogP contribution in [0.2, 0.25) is 0 Å².